The summed E-state index contributed by atoms with van der Waals surface area (Å²) in [5.74, 6) is 1.93. The van der Waals surface area contributed by atoms with Crippen molar-refractivity contribution in [2.24, 2.45) is 4.99 Å². The van der Waals surface area contributed by atoms with Gasteiger partial charge in [-0.1, -0.05) is 11.6 Å². The quantitative estimate of drug-likeness (QED) is 0.236. The maximum Gasteiger partial charge on any atom is 0.191 e. The molecule has 0 atom stereocenters. The van der Waals surface area contributed by atoms with Crippen LogP contribution in [0, 0.1) is 0 Å². The number of aromatic nitrogens is 2. The fourth-order valence-electron chi connectivity index (χ4n) is 2.45. The van der Waals surface area contributed by atoms with E-state index in [0.29, 0.717) is 29.7 Å². The maximum absolute atomic E-state index is 6.31. The molecule has 0 saturated heterocycles. The van der Waals surface area contributed by atoms with Gasteiger partial charge in [0.25, 0.3) is 0 Å². The molecule has 0 bridgehead atoms. The molecule has 150 valence electrons. The minimum Gasteiger partial charge on any atom is -0.493 e. The summed E-state index contributed by atoms with van der Waals surface area (Å²) in [7, 11) is 3.35. The highest BCUT2D eigenvalue weighted by Gasteiger charge is 2.11. The van der Waals surface area contributed by atoms with Gasteiger partial charge in [0.05, 0.1) is 18.7 Å². The third kappa shape index (κ3) is 7.45. The highest BCUT2D eigenvalue weighted by atomic mass is 127. The SMILES string of the molecule is CCOc1c(Cl)cc(CNC(=NC)NCCCn2cccn2)cc1OC.I. The van der Waals surface area contributed by atoms with Gasteiger partial charge in [0.1, 0.15) is 0 Å². The Kier molecular flexibility index (Phi) is 11.0. The minimum atomic E-state index is 0. The number of hydrogen-bond donors (Lipinski definition) is 2. The number of aryl methyl sites for hydroxylation is 1. The zero-order chi connectivity index (χ0) is 18.8. The summed E-state index contributed by atoms with van der Waals surface area (Å²) in [5, 5.41) is 11.3. The van der Waals surface area contributed by atoms with Gasteiger partial charge < -0.3 is 20.1 Å². The topological polar surface area (TPSA) is 72.7 Å². The predicted molar refractivity (Wildman–Crippen MR) is 120 cm³/mol. The van der Waals surface area contributed by atoms with E-state index in [0.717, 1.165) is 31.0 Å². The average Bonchev–Trinajstić information content (AvgIpc) is 3.16. The van der Waals surface area contributed by atoms with Gasteiger partial charge in [-0.15, -0.1) is 24.0 Å². The van der Waals surface area contributed by atoms with E-state index in [1.54, 1.807) is 20.4 Å². The van der Waals surface area contributed by atoms with Crippen LogP contribution in [0.5, 0.6) is 11.5 Å². The van der Waals surface area contributed by atoms with Crippen LogP contribution in [0.4, 0.5) is 0 Å². The van der Waals surface area contributed by atoms with E-state index in [1.165, 1.54) is 0 Å². The number of methoxy groups -OCH3 is 1. The van der Waals surface area contributed by atoms with E-state index >= 15 is 0 Å². The molecule has 0 aliphatic rings. The average molecular weight is 508 g/mol. The van der Waals surface area contributed by atoms with E-state index in [1.807, 2.05) is 36.0 Å². The molecule has 0 aliphatic heterocycles. The summed E-state index contributed by atoms with van der Waals surface area (Å²) in [6.45, 7) is 4.67. The molecule has 1 aromatic carbocycles. The van der Waals surface area contributed by atoms with E-state index in [9.17, 15) is 0 Å². The van der Waals surface area contributed by atoms with Crippen LogP contribution < -0.4 is 20.1 Å². The van der Waals surface area contributed by atoms with Crippen molar-refractivity contribution in [3.05, 3.63) is 41.2 Å². The molecule has 7 nitrogen and oxygen atoms in total. The number of nitrogens with zero attached hydrogens (tertiary/aromatic N) is 3. The molecule has 9 heteroatoms. The Morgan fingerprint density at radius 2 is 2.15 bits per heavy atom. The zero-order valence-corrected chi connectivity index (χ0v) is 19.0. The number of rotatable bonds is 9. The molecule has 0 aliphatic carbocycles. The van der Waals surface area contributed by atoms with Gasteiger partial charge >= 0.3 is 0 Å². The first-order valence-electron chi connectivity index (χ1n) is 8.59. The summed E-state index contributed by atoms with van der Waals surface area (Å²) in [6.07, 6.45) is 4.69. The van der Waals surface area contributed by atoms with E-state index in [-0.39, 0.29) is 24.0 Å². The molecule has 0 unspecified atom stereocenters. The van der Waals surface area contributed by atoms with Crippen molar-refractivity contribution in [1.82, 2.24) is 20.4 Å². The Balaban J connectivity index is 0.00000364. The third-order valence-electron chi connectivity index (χ3n) is 3.68. The monoisotopic (exact) mass is 507 g/mol. The summed E-state index contributed by atoms with van der Waals surface area (Å²) in [4.78, 5) is 4.23. The largest absolute Gasteiger partial charge is 0.493 e. The van der Waals surface area contributed by atoms with Crippen LogP contribution in [0.2, 0.25) is 5.02 Å². The lowest BCUT2D eigenvalue weighted by Gasteiger charge is -2.15. The van der Waals surface area contributed by atoms with Crippen LogP contribution in [0.1, 0.15) is 18.9 Å². The number of benzene rings is 1. The first-order valence-corrected chi connectivity index (χ1v) is 8.96. The number of ether oxygens (including phenoxy) is 2. The van der Waals surface area contributed by atoms with Crippen LogP contribution in [0.15, 0.2) is 35.6 Å². The van der Waals surface area contributed by atoms with Crippen molar-refractivity contribution in [3.63, 3.8) is 0 Å². The molecule has 2 rings (SSSR count). The van der Waals surface area contributed by atoms with Gasteiger partial charge in [0.15, 0.2) is 17.5 Å². The van der Waals surface area contributed by atoms with Gasteiger partial charge in [-0.05, 0) is 37.1 Å². The Morgan fingerprint density at radius 3 is 2.78 bits per heavy atom. The standard InChI is InChI=1S/C18H26ClN5O2.HI/c1-4-26-17-15(19)11-14(12-16(17)25-3)13-22-18(20-2)21-7-5-9-24-10-6-8-23-24;/h6,8,10-12H,4-5,7,9,13H2,1-3H3,(H2,20,21,22);1H. The summed E-state index contributed by atoms with van der Waals surface area (Å²) in [5.41, 5.74) is 0.981. The predicted octanol–water partition coefficient (Wildman–Crippen LogP) is 3.32. The number of hydrogen-bond acceptors (Lipinski definition) is 4. The van der Waals surface area contributed by atoms with Crippen LogP contribution in [-0.4, -0.2) is 43.0 Å². The van der Waals surface area contributed by atoms with E-state index < -0.39 is 0 Å². The molecular formula is C18H27ClIN5O2. The number of nitrogens with one attached hydrogen (secondary N) is 2. The molecule has 2 aromatic rings. The fraction of sp³-hybridized carbons (Fsp3) is 0.444. The molecular weight excluding hydrogens is 481 g/mol. The molecule has 0 spiro atoms. The first-order chi connectivity index (χ1) is 12.7. The molecule has 1 aromatic heterocycles. The lowest BCUT2D eigenvalue weighted by molar-refractivity contribution is 0.311. The van der Waals surface area contributed by atoms with Crippen molar-refractivity contribution in [3.8, 4) is 11.5 Å². The van der Waals surface area contributed by atoms with E-state index in [2.05, 4.69) is 20.7 Å². The molecule has 0 amide bonds. The molecule has 0 fully saturated rings. The minimum absolute atomic E-state index is 0. The molecule has 0 radical (unpaired) electrons. The van der Waals surface area contributed by atoms with Crippen molar-refractivity contribution in [2.75, 3.05) is 27.3 Å². The van der Waals surface area contributed by atoms with Crippen molar-refractivity contribution < 1.29 is 9.47 Å². The van der Waals surface area contributed by atoms with Crippen LogP contribution >= 0.6 is 35.6 Å². The highest BCUT2D eigenvalue weighted by molar-refractivity contribution is 14.0. The van der Waals surface area contributed by atoms with Gasteiger partial charge in [-0.25, -0.2) is 0 Å². The highest BCUT2D eigenvalue weighted by Crippen LogP contribution is 2.36. The third-order valence-corrected chi connectivity index (χ3v) is 3.96. The molecule has 0 saturated carbocycles. The Morgan fingerprint density at radius 1 is 1.33 bits per heavy atom. The smallest absolute Gasteiger partial charge is 0.191 e. The Hall–Kier alpha value is -1.68. The molecule has 2 N–H and O–H groups in total. The number of aliphatic imine (C=N–C) groups is 1. The Labute approximate surface area is 182 Å². The second-order valence-electron chi connectivity index (χ2n) is 5.52. The van der Waals surface area contributed by atoms with Gasteiger partial charge in [0, 0.05) is 39.1 Å². The summed E-state index contributed by atoms with van der Waals surface area (Å²) in [6, 6.07) is 5.70. The number of guanidine groups is 1. The molecule has 27 heavy (non-hydrogen) atoms. The first kappa shape index (κ1) is 23.4. The van der Waals surface area contributed by atoms with Gasteiger partial charge in [-0.3, -0.25) is 9.67 Å². The lowest BCUT2D eigenvalue weighted by atomic mass is 10.2. The van der Waals surface area contributed by atoms with Gasteiger partial charge in [0.2, 0.25) is 0 Å². The van der Waals surface area contributed by atoms with Crippen LogP contribution in [0.25, 0.3) is 0 Å². The van der Waals surface area contributed by atoms with E-state index in [4.69, 9.17) is 21.1 Å². The lowest BCUT2D eigenvalue weighted by Crippen LogP contribution is -2.37. The van der Waals surface area contributed by atoms with Crippen LogP contribution in [-0.2, 0) is 13.1 Å². The van der Waals surface area contributed by atoms with Gasteiger partial charge in [-0.2, -0.15) is 5.10 Å². The number of halogens is 2. The second-order valence-corrected chi connectivity index (χ2v) is 5.92. The second kappa shape index (κ2) is 12.7. The normalized spacial score (nSPS) is 10.9. The van der Waals surface area contributed by atoms with Crippen molar-refractivity contribution in [1.29, 1.82) is 0 Å². The summed E-state index contributed by atoms with van der Waals surface area (Å²) >= 11 is 6.31. The molecule has 1 heterocycles. The maximum atomic E-state index is 6.31. The Bertz CT molecular complexity index is 710. The van der Waals surface area contributed by atoms with Crippen molar-refractivity contribution >= 4 is 41.5 Å². The van der Waals surface area contributed by atoms with Crippen LogP contribution in [0.3, 0.4) is 0 Å². The van der Waals surface area contributed by atoms with Crippen molar-refractivity contribution in [2.45, 2.75) is 26.4 Å². The summed E-state index contributed by atoms with van der Waals surface area (Å²) < 4.78 is 12.8. The fourth-order valence-corrected chi connectivity index (χ4v) is 2.73. The zero-order valence-electron chi connectivity index (χ0n) is 15.9.